The lowest BCUT2D eigenvalue weighted by Gasteiger charge is -2.35. The molecule has 1 aliphatic rings. The molecule has 2 N–H and O–H groups in total. The number of hydrogen-bond acceptors (Lipinski definition) is 3. The van der Waals surface area contributed by atoms with Crippen molar-refractivity contribution in [2.24, 2.45) is 0 Å². The Kier molecular flexibility index (Phi) is 3.68. The van der Waals surface area contributed by atoms with Gasteiger partial charge in [0.05, 0.1) is 11.6 Å². The Bertz CT molecular complexity index is 683. The van der Waals surface area contributed by atoms with Crippen LogP contribution in [0.4, 0.5) is 10.1 Å². The van der Waals surface area contributed by atoms with E-state index < -0.39 is 5.82 Å². The number of thiophene rings is 1. The van der Waals surface area contributed by atoms with Gasteiger partial charge in [0.2, 0.25) is 0 Å². The van der Waals surface area contributed by atoms with Crippen LogP contribution in [0.3, 0.4) is 0 Å². The van der Waals surface area contributed by atoms with Crippen LogP contribution in [-0.2, 0) is 6.42 Å². The summed E-state index contributed by atoms with van der Waals surface area (Å²) < 4.78 is 14.0. The number of halogens is 1. The highest BCUT2D eigenvalue weighted by Crippen LogP contribution is 2.36. The van der Waals surface area contributed by atoms with E-state index in [0.29, 0.717) is 12.2 Å². The van der Waals surface area contributed by atoms with Crippen molar-refractivity contribution in [2.75, 3.05) is 12.3 Å². The first-order valence-electron chi connectivity index (χ1n) is 7.04. The lowest BCUT2D eigenvalue weighted by Crippen LogP contribution is -2.39. The highest BCUT2D eigenvalue weighted by molar-refractivity contribution is 7.10. The van der Waals surface area contributed by atoms with Crippen LogP contribution < -0.4 is 5.73 Å². The smallest absolute Gasteiger partial charge is 0.257 e. The van der Waals surface area contributed by atoms with Crippen LogP contribution in [-0.4, -0.2) is 17.4 Å². The molecule has 0 spiro atoms. The molecule has 1 aliphatic heterocycles. The van der Waals surface area contributed by atoms with Crippen molar-refractivity contribution in [2.45, 2.75) is 25.8 Å². The summed E-state index contributed by atoms with van der Waals surface area (Å²) in [6.45, 7) is 2.69. The molecule has 1 atom stereocenters. The minimum atomic E-state index is -0.550. The lowest BCUT2D eigenvalue weighted by molar-refractivity contribution is 0.0652. The topological polar surface area (TPSA) is 46.3 Å². The van der Waals surface area contributed by atoms with Gasteiger partial charge in [0.25, 0.3) is 5.91 Å². The molecule has 1 unspecified atom stereocenters. The van der Waals surface area contributed by atoms with Gasteiger partial charge in [0.1, 0.15) is 5.82 Å². The first-order valence-corrected chi connectivity index (χ1v) is 7.92. The average Bonchev–Trinajstić information content (AvgIpc) is 2.94. The second-order valence-electron chi connectivity index (χ2n) is 5.21. The van der Waals surface area contributed by atoms with E-state index in [1.807, 2.05) is 0 Å². The first-order chi connectivity index (χ1) is 10.1. The molecule has 0 aliphatic carbocycles. The Morgan fingerprint density at radius 1 is 1.48 bits per heavy atom. The lowest BCUT2D eigenvalue weighted by atomic mass is 9.96. The molecule has 0 fully saturated rings. The van der Waals surface area contributed by atoms with Crippen LogP contribution in [0.15, 0.2) is 29.6 Å². The predicted molar refractivity (Wildman–Crippen MR) is 82.9 cm³/mol. The fourth-order valence-electron chi connectivity index (χ4n) is 2.94. The van der Waals surface area contributed by atoms with E-state index in [2.05, 4.69) is 18.4 Å². The van der Waals surface area contributed by atoms with Gasteiger partial charge in [0, 0.05) is 17.1 Å². The minimum absolute atomic E-state index is 0.0319. The summed E-state index contributed by atoms with van der Waals surface area (Å²) in [7, 11) is 0. The van der Waals surface area contributed by atoms with Gasteiger partial charge in [-0.2, -0.15) is 0 Å². The number of benzene rings is 1. The van der Waals surface area contributed by atoms with Crippen molar-refractivity contribution in [3.63, 3.8) is 0 Å². The van der Waals surface area contributed by atoms with Gasteiger partial charge in [-0.05, 0) is 48.1 Å². The monoisotopic (exact) mass is 304 g/mol. The van der Waals surface area contributed by atoms with E-state index in [1.165, 1.54) is 22.6 Å². The zero-order valence-corrected chi connectivity index (χ0v) is 12.6. The number of carbonyl (C=O) groups excluding carboxylic acids is 1. The summed E-state index contributed by atoms with van der Waals surface area (Å²) in [5.74, 6) is -0.804. The number of rotatable bonds is 2. The third-order valence-corrected chi connectivity index (χ3v) is 4.96. The SMILES string of the molecule is CCC1c2ccsc2CCN1C(=O)c1ccc(N)cc1F. The zero-order valence-electron chi connectivity index (χ0n) is 11.8. The van der Waals surface area contributed by atoms with Crippen molar-refractivity contribution >= 4 is 22.9 Å². The van der Waals surface area contributed by atoms with E-state index in [4.69, 9.17) is 5.73 Å². The maximum absolute atomic E-state index is 14.0. The van der Waals surface area contributed by atoms with Gasteiger partial charge in [-0.3, -0.25) is 4.79 Å². The molecule has 1 aromatic carbocycles. The molecule has 3 rings (SSSR count). The van der Waals surface area contributed by atoms with Crippen LogP contribution in [0.1, 0.15) is 40.2 Å². The van der Waals surface area contributed by atoms with Crippen LogP contribution in [0, 0.1) is 5.82 Å². The molecule has 0 radical (unpaired) electrons. The Hall–Kier alpha value is -1.88. The highest BCUT2D eigenvalue weighted by atomic mass is 32.1. The fourth-order valence-corrected chi connectivity index (χ4v) is 3.87. The van der Waals surface area contributed by atoms with Crippen LogP contribution >= 0.6 is 11.3 Å². The van der Waals surface area contributed by atoms with E-state index in [1.54, 1.807) is 22.3 Å². The van der Waals surface area contributed by atoms with E-state index in [0.717, 1.165) is 12.8 Å². The number of carbonyl (C=O) groups is 1. The van der Waals surface area contributed by atoms with Crippen molar-refractivity contribution in [3.05, 3.63) is 51.5 Å². The minimum Gasteiger partial charge on any atom is -0.399 e. The summed E-state index contributed by atoms with van der Waals surface area (Å²) in [6, 6.07) is 6.35. The molecule has 0 saturated carbocycles. The number of fused-ring (bicyclic) bond motifs is 1. The molecule has 3 nitrogen and oxygen atoms in total. The molecule has 2 heterocycles. The molecule has 0 saturated heterocycles. The van der Waals surface area contributed by atoms with E-state index in [-0.39, 0.29) is 17.5 Å². The molecule has 5 heteroatoms. The van der Waals surface area contributed by atoms with Gasteiger partial charge in [-0.25, -0.2) is 4.39 Å². The number of nitrogens with two attached hydrogens (primary N) is 1. The summed E-state index contributed by atoms with van der Waals surface area (Å²) >= 11 is 1.73. The van der Waals surface area contributed by atoms with Gasteiger partial charge in [0.15, 0.2) is 0 Å². The highest BCUT2D eigenvalue weighted by Gasteiger charge is 2.31. The average molecular weight is 304 g/mol. The third kappa shape index (κ3) is 2.42. The summed E-state index contributed by atoms with van der Waals surface area (Å²) in [5, 5.41) is 2.06. The Morgan fingerprint density at radius 3 is 3.00 bits per heavy atom. The summed E-state index contributed by atoms with van der Waals surface area (Å²) in [4.78, 5) is 15.8. The number of amides is 1. The van der Waals surface area contributed by atoms with Crippen molar-refractivity contribution in [3.8, 4) is 0 Å². The van der Waals surface area contributed by atoms with Crippen molar-refractivity contribution in [1.82, 2.24) is 4.90 Å². The van der Waals surface area contributed by atoms with Gasteiger partial charge in [-0.15, -0.1) is 11.3 Å². The molecule has 2 aromatic rings. The number of nitrogens with zero attached hydrogens (tertiary/aromatic N) is 1. The predicted octanol–water partition coefficient (Wildman–Crippen LogP) is 3.62. The number of hydrogen-bond donors (Lipinski definition) is 1. The standard InChI is InChI=1S/C16H17FN2OS/c1-2-14-12-6-8-21-15(12)5-7-19(14)16(20)11-4-3-10(18)9-13(11)17/h3-4,6,8-9,14H,2,5,7,18H2,1H3. The summed E-state index contributed by atoms with van der Waals surface area (Å²) in [5.41, 5.74) is 7.18. The third-order valence-electron chi connectivity index (χ3n) is 3.97. The van der Waals surface area contributed by atoms with Crippen LogP contribution in [0.25, 0.3) is 0 Å². The maximum Gasteiger partial charge on any atom is 0.257 e. The Balaban J connectivity index is 1.94. The molecule has 0 bridgehead atoms. The van der Waals surface area contributed by atoms with Crippen molar-refractivity contribution in [1.29, 1.82) is 0 Å². The molecule has 21 heavy (non-hydrogen) atoms. The van der Waals surface area contributed by atoms with Gasteiger partial charge >= 0.3 is 0 Å². The van der Waals surface area contributed by atoms with E-state index >= 15 is 0 Å². The maximum atomic E-state index is 14.0. The molecule has 1 aromatic heterocycles. The Labute approximate surface area is 127 Å². The second kappa shape index (κ2) is 5.48. The fraction of sp³-hybridized carbons (Fsp3) is 0.312. The van der Waals surface area contributed by atoms with Gasteiger partial charge < -0.3 is 10.6 Å². The zero-order chi connectivity index (χ0) is 15.0. The van der Waals surface area contributed by atoms with Crippen LogP contribution in [0.5, 0.6) is 0 Å². The number of anilines is 1. The second-order valence-corrected chi connectivity index (χ2v) is 6.21. The first kappa shape index (κ1) is 14.1. The normalized spacial score (nSPS) is 17.6. The summed E-state index contributed by atoms with van der Waals surface area (Å²) in [6.07, 6.45) is 1.66. The molecular weight excluding hydrogens is 287 g/mol. The molecular formula is C16H17FN2OS. The van der Waals surface area contributed by atoms with Crippen LogP contribution in [0.2, 0.25) is 0 Å². The largest absolute Gasteiger partial charge is 0.399 e. The number of nitrogen functional groups attached to an aromatic ring is 1. The Morgan fingerprint density at radius 2 is 2.29 bits per heavy atom. The van der Waals surface area contributed by atoms with Gasteiger partial charge in [-0.1, -0.05) is 6.92 Å². The quantitative estimate of drug-likeness (QED) is 0.861. The molecule has 110 valence electrons. The molecule has 1 amide bonds. The van der Waals surface area contributed by atoms with Crippen molar-refractivity contribution < 1.29 is 9.18 Å². The van der Waals surface area contributed by atoms with E-state index in [9.17, 15) is 9.18 Å².